The fourth-order valence-electron chi connectivity index (χ4n) is 11.0. The second kappa shape index (κ2) is 20.1. The molecular formula is C72H53N3S. The van der Waals surface area contributed by atoms with Gasteiger partial charge >= 0.3 is 0 Å². The Labute approximate surface area is 449 Å². The van der Waals surface area contributed by atoms with Crippen molar-refractivity contribution in [3.05, 3.63) is 296 Å². The SMILES string of the molecule is Cc1ccccc1-c1cc(N(c2ccccc2)c2cc3c(sc4cc(N(c5ccccc5)c5ccccc5)cc(N(c5ccc(-c6ccccc6)cc5)c5ccc(-c6ccccc6)cc5)c43)c3ccccc23)ccc1C. The normalized spacial score (nSPS) is 11.3. The summed E-state index contributed by atoms with van der Waals surface area (Å²) in [6, 6.07) is 104. The van der Waals surface area contributed by atoms with Gasteiger partial charge in [0.2, 0.25) is 0 Å². The summed E-state index contributed by atoms with van der Waals surface area (Å²) in [6.45, 7) is 4.43. The van der Waals surface area contributed by atoms with Gasteiger partial charge in [-0.15, -0.1) is 11.3 Å². The zero-order chi connectivity index (χ0) is 51.0. The summed E-state index contributed by atoms with van der Waals surface area (Å²) in [7, 11) is 0. The summed E-state index contributed by atoms with van der Waals surface area (Å²) in [5.41, 5.74) is 19.4. The zero-order valence-electron chi connectivity index (χ0n) is 42.4. The lowest BCUT2D eigenvalue weighted by Gasteiger charge is -2.31. The van der Waals surface area contributed by atoms with E-state index >= 15 is 0 Å². The van der Waals surface area contributed by atoms with Crippen molar-refractivity contribution >= 4 is 93.5 Å². The lowest BCUT2D eigenvalue weighted by atomic mass is 9.95. The minimum absolute atomic E-state index is 1.06. The maximum atomic E-state index is 2.48. The second-order valence-electron chi connectivity index (χ2n) is 19.4. The van der Waals surface area contributed by atoms with Crippen LogP contribution in [0.5, 0.6) is 0 Å². The average molecular weight is 992 g/mol. The molecule has 0 unspecified atom stereocenters. The summed E-state index contributed by atoms with van der Waals surface area (Å²) in [6.07, 6.45) is 0. The second-order valence-corrected chi connectivity index (χ2v) is 20.5. The van der Waals surface area contributed by atoms with Gasteiger partial charge in [0, 0.05) is 70.8 Å². The number of thiophene rings is 1. The highest BCUT2D eigenvalue weighted by atomic mass is 32.1. The van der Waals surface area contributed by atoms with Crippen LogP contribution in [-0.4, -0.2) is 0 Å². The molecule has 0 radical (unpaired) electrons. The summed E-state index contributed by atoms with van der Waals surface area (Å²) in [4.78, 5) is 7.34. The molecule has 0 bridgehead atoms. The minimum atomic E-state index is 1.06. The summed E-state index contributed by atoms with van der Waals surface area (Å²) >= 11 is 1.88. The first-order valence-corrected chi connectivity index (χ1v) is 26.8. The third kappa shape index (κ3) is 8.65. The van der Waals surface area contributed by atoms with Gasteiger partial charge in [-0.3, -0.25) is 0 Å². The molecule has 0 aliphatic rings. The molecule has 362 valence electrons. The van der Waals surface area contributed by atoms with Gasteiger partial charge in [0.15, 0.2) is 0 Å². The van der Waals surface area contributed by atoms with Crippen molar-refractivity contribution < 1.29 is 0 Å². The predicted octanol–water partition coefficient (Wildman–Crippen LogP) is 21.2. The van der Waals surface area contributed by atoms with Gasteiger partial charge in [0.05, 0.1) is 11.4 Å². The van der Waals surface area contributed by atoms with Crippen LogP contribution in [0.3, 0.4) is 0 Å². The fraction of sp³-hybridized carbons (Fsp3) is 0.0278. The molecule has 1 heterocycles. The topological polar surface area (TPSA) is 9.72 Å². The average Bonchev–Trinajstić information content (AvgIpc) is 3.95. The lowest BCUT2D eigenvalue weighted by molar-refractivity contribution is 1.26. The van der Waals surface area contributed by atoms with E-state index in [0.717, 1.165) is 51.2 Å². The number of nitrogens with zero attached hydrogens (tertiary/aromatic N) is 3. The molecule has 13 aromatic rings. The largest absolute Gasteiger partial charge is 0.310 e. The van der Waals surface area contributed by atoms with Crippen molar-refractivity contribution in [3.63, 3.8) is 0 Å². The van der Waals surface area contributed by atoms with E-state index in [1.54, 1.807) is 0 Å². The van der Waals surface area contributed by atoms with Crippen LogP contribution in [0.15, 0.2) is 285 Å². The molecule has 1 aromatic heterocycles. The Hall–Kier alpha value is -9.48. The third-order valence-corrected chi connectivity index (χ3v) is 15.9. The van der Waals surface area contributed by atoms with Crippen molar-refractivity contribution in [1.29, 1.82) is 0 Å². The number of para-hydroxylation sites is 3. The van der Waals surface area contributed by atoms with E-state index in [0.29, 0.717) is 0 Å². The van der Waals surface area contributed by atoms with Gasteiger partial charge < -0.3 is 14.7 Å². The van der Waals surface area contributed by atoms with Crippen molar-refractivity contribution in [2.24, 2.45) is 0 Å². The first-order chi connectivity index (χ1) is 37.5. The van der Waals surface area contributed by atoms with Gasteiger partial charge in [0.1, 0.15) is 0 Å². The number of hydrogen-bond donors (Lipinski definition) is 0. The molecule has 3 nitrogen and oxygen atoms in total. The molecule has 0 saturated heterocycles. The number of benzene rings is 12. The van der Waals surface area contributed by atoms with Gasteiger partial charge in [-0.25, -0.2) is 0 Å². The summed E-state index contributed by atoms with van der Waals surface area (Å²) in [5.74, 6) is 0. The molecule has 13 rings (SSSR count). The van der Waals surface area contributed by atoms with E-state index in [4.69, 9.17) is 0 Å². The van der Waals surface area contributed by atoms with Crippen LogP contribution >= 0.6 is 11.3 Å². The maximum Gasteiger partial charge on any atom is 0.0575 e. The van der Waals surface area contributed by atoms with E-state index < -0.39 is 0 Å². The van der Waals surface area contributed by atoms with Gasteiger partial charge in [-0.05, 0) is 149 Å². The minimum Gasteiger partial charge on any atom is -0.310 e. The first kappa shape index (κ1) is 46.3. The van der Waals surface area contributed by atoms with Crippen molar-refractivity contribution in [2.45, 2.75) is 13.8 Å². The Kier molecular flexibility index (Phi) is 12.2. The molecule has 76 heavy (non-hydrogen) atoms. The fourth-order valence-corrected chi connectivity index (χ4v) is 12.3. The zero-order valence-corrected chi connectivity index (χ0v) is 43.2. The number of anilines is 9. The quantitative estimate of drug-likeness (QED) is 0.121. The van der Waals surface area contributed by atoms with E-state index in [1.807, 2.05) is 11.3 Å². The Balaban J connectivity index is 1.12. The molecule has 12 aromatic carbocycles. The Bertz CT molecular complexity index is 4040. The van der Waals surface area contributed by atoms with Crippen molar-refractivity contribution in [3.8, 4) is 33.4 Å². The van der Waals surface area contributed by atoms with Gasteiger partial charge in [-0.1, -0.05) is 194 Å². The first-order valence-electron chi connectivity index (χ1n) is 26.0. The summed E-state index contributed by atoms with van der Waals surface area (Å²) < 4.78 is 2.44. The molecular weight excluding hydrogens is 939 g/mol. The van der Waals surface area contributed by atoms with E-state index in [1.165, 1.54) is 75.5 Å². The van der Waals surface area contributed by atoms with E-state index in [9.17, 15) is 0 Å². The van der Waals surface area contributed by atoms with Crippen LogP contribution < -0.4 is 14.7 Å². The predicted molar refractivity (Wildman–Crippen MR) is 327 cm³/mol. The highest BCUT2D eigenvalue weighted by molar-refractivity contribution is 7.26. The highest BCUT2D eigenvalue weighted by Gasteiger charge is 2.26. The number of hydrogen-bond acceptors (Lipinski definition) is 4. The van der Waals surface area contributed by atoms with Crippen LogP contribution in [0.1, 0.15) is 11.1 Å². The standard InChI is InChI=1S/C72H53N3S/c1-50-22-18-19-33-63(50)66-46-61(41-36-51(66)2)75(58-31-16-7-17-32-58)68-49-67-71-69(74(59-42-37-54(38-43-59)52-23-8-3-9-24-52)60-44-39-55(40-45-60)53-25-10-4-11-26-53)47-62(48-70(71)76-72(67)65-35-21-20-34-64(65)68)73(56-27-12-5-13-28-56)57-29-14-6-15-30-57/h3-49H,1-2H3. The molecule has 0 saturated carbocycles. The Morgan fingerprint density at radius 2 is 0.684 bits per heavy atom. The van der Waals surface area contributed by atoms with E-state index in [2.05, 4.69) is 314 Å². The van der Waals surface area contributed by atoms with Crippen LogP contribution in [0.2, 0.25) is 0 Å². The molecule has 0 amide bonds. The molecule has 0 spiro atoms. The molecule has 4 heteroatoms. The highest BCUT2D eigenvalue weighted by Crippen LogP contribution is 2.53. The lowest BCUT2D eigenvalue weighted by Crippen LogP contribution is -2.13. The summed E-state index contributed by atoms with van der Waals surface area (Å²) in [5, 5.41) is 4.78. The van der Waals surface area contributed by atoms with Crippen LogP contribution in [0.4, 0.5) is 51.2 Å². The number of aryl methyl sites for hydroxylation is 2. The number of rotatable bonds is 12. The maximum absolute atomic E-state index is 2.48. The van der Waals surface area contributed by atoms with Gasteiger partial charge in [-0.2, -0.15) is 0 Å². The molecule has 0 fully saturated rings. The van der Waals surface area contributed by atoms with Crippen LogP contribution in [0, 0.1) is 13.8 Å². The number of fused-ring (bicyclic) bond motifs is 5. The smallest absolute Gasteiger partial charge is 0.0575 e. The van der Waals surface area contributed by atoms with Crippen LogP contribution in [-0.2, 0) is 0 Å². The molecule has 0 atom stereocenters. The van der Waals surface area contributed by atoms with Crippen molar-refractivity contribution in [1.82, 2.24) is 0 Å². The van der Waals surface area contributed by atoms with Gasteiger partial charge in [0.25, 0.3) is 0 Å². The van der Waals surface area contributed by atoms with Crippen LogP contribution in [0.25, 0.3) is 64.3 Å². The van der Waals surface area contributed by atoms with Crippen molar-refractivity contribution in [2.75, 3.05) is 14.7 Å². The molecule has 0 aliphatic carbocycles. The molecule has 0 N–H and O–H groups in total. The van der Waals surface area contributed by atoms with E-state index in [-0.39, 0.29) is 0 Å². The monoisotopic (exact) mass is 991 g/mol. The third-order valence-electron chi connectivity index (χ3n) is 14.7. The Morgan fingerprint density at radius 3 is 1.24 bits per heavy atom. The molecule has 0 aliphatic heterocycles. The Morgan fingerprint density at radius 1 is 0.263 bits per heavy atom.